The third kappa shape index (κ3) is 10.8. The van der Waals surface area contributed by atoms with Gasteiger partial charge in [0.15, 0.2) is 0 Å². The zero-order chi connectivity index (χ0) is 50.5. The van der Waals surface area contributed by atoms with E-state index < -0.39 is 0 Å². The number of hydrogen-bond acceptors (Lipinski definition) is 5. The van der Waals surface area contributed by atoms with Crippen molar-refractivity contribution < 1.29 is 14.9 Å². The molecule has 0 saturated carbocycles. The van der Waals surface area contributed by atoms with Crippen molar-refractivity contribution >= 4 is 0 Å². The predicted molar refractivity (Wildman–Crippen MR) is 289 cm³/mol. The number of fused-ring (bicyclic) bond motifs is 6. The molecule has 0 heterocycles. The quantitative estimate of drug-likeness (QED) is 0.168. The summed E-state index contributed by atoms with van der Waals surface area (Å²) in [5.74, 6) is 1.09. The molecule has 69 heavy (non-hydrogen) atoms. The molecule has 5 heteroatoms. The van der Waals surface area contributed by atoms with Crippen molar-refractivity contribution in [2.24, 2.45) is 0 Å². The zero-order valence-corrected chi connectivity index (χ0v) is 42.4. The number of hydrogen-bond donors (Lipinski definition) is 2. The Morgan fingerprint density at radius 2 is 0.594 bits per heavy atom. The summed E-state index contributed by atoms with van der Waals surface area (Å²) in [4.78, 5) is 0. The average molecular weight is 911 g/mol. The standard InChI is InChI=1S/C29H20N2O.C27H22O2.4C2H6/c1-29(2)27-13-9-22(20-5-3-19(17-30)4-6-20)15-25(27)26-16-23(10-14-28(26)29)21-7-11-24(12-8-21)32-18-31;1-27(2)25-13-7-19(17-3-9-21(28)10-4-17)15-23(25)24-16-20(8-14-26(24)27)18-5-11-22(29)12-6-18;4*1-2/h3-16H,1-2H3;3-16,28-29H,1-2H3;4*1-2H3. The maximum atomic E-state index is 9.60. The lowest BCUT2D eigenvalue weighted by molar-refractivity contribution is 0.475. The van der Waals surface area contributed by atoms with Crippen molar-refractivity contribution in [3.8, 4) is 96.3 Å². The summed E-state index contributed by atoms with van der Waals surface area (Å²) in [5, 5.41) is 37.0. The molecule has 0 amide bonds. The number of benzene rings is 8. The molecule has 0 atom stereocenters. The summed E-state index contributed by atoms with van der Waals surface area (Å²) in [6.07, 6.45) is 1.71. The Morgan fingerprint density at radius 3 is 0.855 bits per heavy atom. The molecule has 0 radical (unpaired) electrons. The van der Waals surface area contributed by atoms with E-state index >= 15 is 0 Å². The van der Waals surface area contributed by atoms with E-state index in [1.165, 1.54) is 44.5 Å². The molecule has 0 unspecified atom stereocenters. The average Bonchev–Trinajstić information content (AvgIpc) is 3.77. The van der Waals surface area contributed by atoms with Gasteiger partial charge in [-0.05, 0) is 162 Å². The van der Waals surface area contributed by atoms with Gasteiger partial charge >= 0.3 is 0 Å². The van der Waals surface area contributed by atoms with E-state index in [1.54, 1.807) is 30.5 Å². The van der Waals surface area contributed by atoms with Crippen molar-refractivity contribution in [1.29, 1.82) is 10.5 Å². The Balaban J connectivity index is 0.000000226. The van der Waals surface area contributed by atoms with Crippen molar-refractivity contribution in [1.82, 2.24) is 0 Å². The maximum Gasteiger partial charge on any atom is 0.292 e. The zero-order valence-electron chi connectivity index (χ0n) is 42.4. The predicted octanol–water partition coefficient (Wildman–Crippen LogP) is 17.9. The monoisotopic (exact) mass is 911 g/mol. The third-order valence-electron chi connectivity index (χ3n) is 12.5. The molecule has 0 bridgehead atoms. The first kappa shape index (κ1) is 52.1. The van der Waals surface area contributed by atoms with Gasteiger partial charge < -0.3 is 14.9 Å². The molecule has 350 valence electrons. The van der Waals surface area contributed by atoms with Crippen molar-refractivity contribution in [2.45, 2.75) is 93.9 Å². The Kier molecular flexibility index (Phi) is 17.6. The Labute approximate surface area is 411 Å². The second-order valence-electron chi connectivity index (χ2n) is 16.8. The fraction of sp³-hybridized carbons (Fsp3) is 0.219. The minimum atomic E-state index is -0.0725. The van der Waals surface area contributed by atoms with Crippen molar-refractivity contribution in [2.75, 3.05) is 0 Å². The Morgan fingerprint density at radius 1 is 0.348 bits per heavy atom. The second-order valence-corrected chi connectivity index (χ2v) is 16.8. The highest BCUT2D eigenvalue weighted by Gasteiger charge is 2.37. The summed E-state index contributed by atoms with van der Waals surface area (Å²) in [6.45, 7) is 25.1. The lowest BCUT2D eigenvalue weighted by Gasteiger charge is -2.21. The van der Waals surface area contributed by atoms with Crippen LogP contribution >= 0.6 is 0 Å². The van der Waals surface area contributed by atoms with Crippen LogP contribution in [0.5, 0.6) is 17.2 Å². The van der Waals surface area contributed by atoms with Crippen LogP contribution < -0.4 is 4.74 Å². The molecule has 10 rings (SSSR count). The number of rotatable bonds is 5. The van der Waals surface area contributed by atoms with Gasteiger partial charge in [-0.2, -0.15) is 5.26 Å². The van der Waals surface area contributed by atoms with Crippen LogP contribution in [-0.2, 0) is 10.8 Å². The number of aromatic hydroxyl groups is 2. The molecule has 5 nitrogen and oxygen atoms in total. The highest BCUT2D eigenvalue weighted by Crippen LogP contribution is 2.52. The van der Waals surface area contributed by atoms with Crippen LogP contribution in [0.1, 0.15) is 111 Å². The first-order valence-electron chi connectivity index (χ1n) is 24.3. The summed E-state index contributed by atoms with van der Waals surface area (Å²) in [5.41, 5.74) is 19.8. The number of nitrogens with zero attached hydrogens (tertiary/aromatic N) is 2. The lowest BCUT2D eigenvalue weighted by atomic mass is 9.82. The third-order valence-corrected chi connectivity index (χ3v) is 12.5. The van der Waals surface area contributed by atoms with E-state index in [-0.39, 0.29) is 22.3 Å². The fourth-order valence-electron chi connectivity index (χ4n) is 9.07. The largest absolute Gasteiger partial charge is 0.508 e. The minimum absolute atomic E-state index is 0.0500. The number of nitriles is 2. The molecule has 0 aromatic heterocycles. The smallest absolute Gasteiger partial charge is 0.292 e. The van der Waals surface area contributed by atoms with Gasteiger partial charge in [0, 0.05) is 10.8 Å². The van der Waals surface area contributed by atoms with E-state index in [0.29, 0.717) is 11.3 Å². The van der Waals surface area contributed by atoms with Gasteiger partial charge in [0.2, 0.25) is 0 Å². The van der Waals surface area contributed by atoms with Gasteiger partial charge in [-0.3, -0.25) is 0 Å². The first-order chi connectivity index (χ1) is 33.4. The van der Waals surface area contributed by atoms with Crippen LogP contribution in [0.3, 0.4) is 0 Å². The van der Waals surface area contributed by atoms with Crippen molar-refractivity contribution in [3.05, 3.63) is 198 Å². The highest BCUT2D eigenvalue weighted by molar-refractivity contribution is 5.89. The minimum Gasteiger partial charge on any atom is -0.508 e. The van der Waals surface area contributed by atoms with Gasteiger partial charge in [0.05, 0.1) is 11.6 Å². The molecule has 0 spiro atoms. The van der Waals surface area contributed by atoms with E-state index in [1.807, 2.05) is 128 Å². The summed E-state index contributed by atoms with van der Waals surface area (Å²) in [7, 11) is 0. The van der Waals surface area contributed by atoms with Crippen LogP contribution in [0.25, 0.3) is 66.8 Å². The molecule has 2 aliphatic carbocycles. The molecule has 0 aliphatic heterocycles. The molecule has 0 saturated heterocycles. The van der Waals surface area contributed by atoms with Crippen LogP contribution in [0.15, 0.2) is 170 Å². The highest BCUT2D eigenvalue weighted by atomic mass is 16.5. The molecule has 2 aliphatic rings. The SMILES string of the molecule is CC.CC.CC.CC.CC1(C)c2ccc(-c3ccc(C#N)cc3)cc2-c2cc(-c3ccc(OC#N)cc3)ccc21.CC1(C)c2ccc(-c3ccc(O)cc3)cc2-c2cc(-c3ccc(O)cc3)ccc21. The van der Waals surface area contributed by atoms with E-state index in [0.717, 1.165) is 44.5 Å². The van der Waals surface area contributed by atoms with E-state index in [4.69, 9.17) is 15.3 Å². The first-order valence-corrected chi connectivity index (χ1v) is 24.3. The molecule has 8 aromatic carbocycles. The summed E-state index contributed by atoms with van der Waals surface area (Å²) in [6, 6.07) is 58.8. The van der Waals surface area contributed by atoms with Gasteiger partial charge in [-0.15, -0.1) is 5.26 Å². The molecular weight excluding hydrogens is 845 g/mol. The molecule has 2 N–H and O–H groups in total. The van der Waals surface area contributed by atoms with Crippen molar-refractivity contribution in [3.63, 3.8) is 0 Å². The number of ether oxygens (including phenoxy) is 1. The van der Waals surface area contributed by atoms with Gasteiger partial charge in [0.25, 0.3) is 6.26 Å². The van der Waals surface area contributed by atoms with Gasteiger partial charge in [0.1, 0.15) is 17.2 Å². The topological polar surface area (TPSA) is 97.3 Å². The molecule has 8 aromatic rings. The molecular formula is C64H66N2O3. The number of phenolic OH excluding ortho intramolecular Hbond substituents is 2. The normalized spacial score (nSPS) is 12.1. The van der Waals surface area contributed by atoms with Gasteiger partial charge in [-0.1, -0.05) is 180 Å². The fourth-order valence-corrected chi connectivity index (χ4v) is 9.07. The Hall–Kier alpha value is -7.86. The van der Waals surface area contributed by atoms with E-state index in [9.17, 15) is 10.2 Å². The van der Waals surface area contributed by atoms with Gasteiger partial charge in [-0.25, -0.2) is 0 Å². The molecule has 0 fully saturated rings. The number of phenols is 2. The van der Waals surface area contributed by atoms with Crippen LogP contribution in [0.4, 0.5) is 0 Å². The van der Waals surface area contributed by atoms with Crippen LogP contribution in [0.2, 0.25) is 0 Å². The second kappa shape index (κ2) is 23.2. The Bertz CT molecular complexity index is 2960. The summed E-state index contributed by atoms with van der Waals surface area (Å²) >= 11 is 0. The van der Waals surface area contributed by atoms with Crippen LogP contribution in [-0.4, -0.2) is 10.2 Å². The summed E-state index contributed by atoms with van der Waals surface area (Å²) < 4.78 is 4.90. The maximum absolute atomic E-state index is 9.60. The van der Waals surface area contributed by atoms with Crippen LogP contribution in [0, 0.1) is 22.8 Å². The van der Waals surface area contributed by atoms with E-state index in [2.05, 4.69) is 107 Å². The lowest BCUT2D eigenvalue weighted by Crippen LogP contribution is -2.14.